The van der Waals surface area contributed by atoms with Gasteiger partial charge in [-0.2, -0.15) is 0 Å². The van der Waals surface area contributed by atoms with Gasteiger partial charge in [0.05, 0.1) is 12.2 Å². The molecule has 0 amide bonds. The number of rotatable bonds is 8. The largest absolute Gasteiger partial charge is 0.494 e. The molecular formula is C18H29NO2. The Kier molecular flexibility index (Phi) is 6.52. The number of nitrogens with one attached hydrogen (secondary N) is 1. The zero-order valence-corrected chi connectivity index (χ0v) is 13.2. The van der Waals surface area contributed by atoms with Crippen LogP contribution in [0.4, 0.5) is 0 Å². The maximum Gasteiger partial charge on any atom is 0.119 e. The van der Waals surface area contributed by atoms with Gasteiger partial charge < -0.3 is 15.2 Å². The summed E-state index contributed by atoms with van der Waals surface area (Å²) in [6, 6.07) is 8.25. The van der Waals surface area contributed by atoms with Gasteiger partial charge in [-0.15, -0.1) is 0 Å². The number of benzene rings is 1. The van der Waals surface area contributed by atoms with Gasteiger partial charge in [0, 0.05) is 13.1 Å². The molecular weight excluding hydrogens is 262 g/mol. The molecule has 0 bridgehead atoms. The highest BCUT2D eigenvalue weighted by atomic mass is 16.5. The third-order valence-corrected chi connectivity index (χ3v) is 4.26. The van der Waals surface area contributed by atoms with E-state index in [4.69, 9.17) is 4.74 Å². The fraction of sp³-hybridized carbons (Fsp3) is 0.667. The number of hydrogen-bond acceptors (Lipinski definition) is 3. The molecule has 3 heteroatoms. The summed E-state index contributed by atoms with van der Waals surface area (Å²) in [6.07, 6.45) is 7.70. The van der Waals surface area contributed by atoms with Crippen LogP contribution in [0, 0.1) is 0 Å². The minimum absolute atomic E-state index is 0.485. The highest BCUT2D eigenvalue weighted by Crippen LogP contribution is 2.27. The summed E-state index contributed by atoms with van der Waals surface area (Å²) >= 11 is 0. The zero-order valence-electron chi connectivity index (χ0n) is 13.2. The normalized spacial score (nSPS) is 17.6. The van der Waals surface area contributed by atoms with E-state index in [-0.39, 0.29) is 0 Å². The van der Waals surface area contributed by atoms with Crippen LogP contribution in [0.15, 0.2) is 24.3 Å². The van der Waals surface area contributed by atoms with Gasteiger partial charge in [0.25, 0.3) is 0 Å². The summed E-state index contributed by atoms with van der Waals surface area (Å²) in [4.78, 5) is 0. The molecule has 1 saturated carbocycles. The van der Waals surface area contributed by atoms with Crippen LogP contribution in [0.5, 0.6) is 5.75 Å². The first-order valence-corrected chi connectivity index (χ1v) is 8.37. The molecule has 0 unspecified atom stereocenters. The molecule has 0 radical (unpaired) electrons. The molecule has 1 aliphatic rings. The summed E-state index contributed by atoms with van der Waals surface area (Å²) in [6.45, 7) is 4.46. The predicted octanol–water partition coefficient (Wildman–Crippen LogP) is 3.65. The van der Waals surface area contributed by atoms with Crippen LogP contribution in [-0.4, -0.2) is 23.9 Å². The quantitative estimate of drug-likeness (QED) is 0.718. The highest BCUT2D eigenvalue weighted by molar-refractivity contribution is 5.27. The number of unbranched alkanes of at least 4 members (excludes halogenated alkanes) is 1. The Hall–Kier alpha value is -1.06. The maximum absolute atomic E-state index is 10.4. The molecule has 2 rings (SSSR count). The van der Waals surface area contributed by atoms with E-state index >= 15 is 0 Å². The summed E-state index contributed by atoms with van der Waals surface area (Å²) in [5.74, 6) is 0.943. The van der Waals surface area contributed by atoms with Gasteiger partial charge in [0.15, 0.2) is 0 Å². The van der Waals surface area contributed by atoms with E-state index in [1.807, 2.05) is 12.1 Å². The SMILES string of the molecule is CCCCOc1ccc(CNCC2(O)CCCCC2)cc1. The lowest BCUT2D eigenvalue weighted by atomic mass is 9.85. The van der Waals surface area contributed by atoms with Crippen molar-refractivity contribution >= 4 is 0 Å². The van der Waals surface area contributed by atoms with Crippen molar-refractivity contribution in [2.24, 2.45) is 0 Å². The number of ether oxygens (including phenoxy) is 1. The number of hydrogen-bond donors (Lipinski definition) is 2. The van der Waals surface area contributed by atoms with Crippen molar-refractivity contribution in [3.8, 4) is 5.75 Å². The Morgan fingerprint density at radius 3 is 2.52 bits per heavy atom. The second-order valence-corrected chi connectivity index (χ2v) is 6.23. The zero-order chi connectivity index (χ0) is 15.0. The van der Waals surface area contributed by atoms with Crippen LogP contribution in [0.2, 0.25) is 0 Å². The van der Waals surface area contributed by atoms with Crippen LogP contribution in [0.25, 0.3) is 0 Å². The summed E-state index contributed by atoms with van der Waals surface area (Å²) in [7, 11) is 0. The second-order valence-electron chi connectivity index (χ2n) is 6.23. The molecule has 1 fully saturated rings. The van der Waals surface area contributed by atoms with Crippen LogP contribution < -0.4 is 10.1 Å². The summed E-state index contributed by atoms with van der Waals surface area (Å²) < 4.78 is 5.66. The van der Waals surface area contributed by atoms with E-state index in [9.17, 15) is 5.11 Å². The fourth-order valence-electron chi connectivity index (χ4n) is 2.86. The van der Waals surface area contributed by atoms with Crippen LogP contribution >= 0.6 is 0 Å². The van der Waals surface area contributed by atoms with Gasteiger partial charge in [-0.25, -0.2) is 0 Å². The van der Waals surface area contributed by atoms with Gasteiger partial charge in [-0.1, -0.05) is 44.7 Å². The Labute approximate surface area is 128 Å². The molecule has 0 spiro atoms. The molecule has 1 aliphatic carbocycles. The van der Waals surface area contributed by atoms with Crippen molar-refractivity contribution < 1.29 is 9.84 Å². The molecule has 0 saturated heterocycles. The van der Waals surface area contributed by atoms with Crippen molar-refractivity contribution in [3.05, 3.63) is 29.8 Å². The first-order valence-electron chi connectivity index (χ1n) is 8.37. The van der Waals surface area contributed by atoms with Crippen molar-refractivity contribution in [2.75, 3.05) is 13.2 Å². The first kappa shape index (κ1) is 16.3. The molecule has 1 aromatic carbocycles. The van der Waals surface area contributed by atoms with E-state index in [0.29, 0.717) is 6.54 Å². The second kappa shape index (κ2) is 8.40. The molecule has 1 aromatic rings. The van der Waals surface area contributed by atoms with E-state index in [1.54, 1.807) is 0 Å². The Morgan fingerprint density at radius 2 is 1.86 bits per heavy atom. The lowest BCUT2D eigenvalue weighted by Crippen LogP contribution is -2.41. The van der Waals surface area contributed by atoms with E-state index < -0.39 is 5.60 Å². The summed E-state index contributed by atoms with van der Waals surface area (Å²) in [5, 5.41) is 13.8. The third-order valence-electron chi connectivity index (χ3n) is 4.26. The molecule has 118 valence electrons. The number of aliphatic hydroxyl groups is 1. The van der Waals surface area contributed by atoms with Crippen LogP contribution in [-0.2, 0) is 6.54 Å². The standard InChI is InChI=1S/C18H29NO2/c1-2-3-13-21-17-9-7-16(8-10-17)14-19-15-18(20)11-5-4-6-12-18/h7-10,19-20H,2-6,11-15H2,1H3. The Balaban J connectivity index is 1.70. The molecule has 21 heavy (non-hydrogen) atoms. The van der Waals surface area contributed by atoms with Crippen molar-refractivity contribution in [1.82, 2.24) is 5.32 Å². The first-order chi connectivity index (χ1) is 10.2. The van der Waals surface area contributed by atoms with E-state index in [2.05, 4.69) is 24.4 Å². The topological polar surface area (TPSA) is 41.5 Å². The Bertz CT molecular complexity index is 396. The average Bonchev–Trinajstić information content (AvgIpc) is 2.50. The van der Waals surface area contributed by atoms with Gasteiger partial charge >= 0.3 is 0 Å². The predicted molar refractivity (Wildman–Crippen MR) is 86.6 cm³/mol. The van der Waals surface area contributed by atoms with Crippen molar-refractivity contribution in [1.29, 1.82) is 0 Å². The van der Waals surface area contributed by atoms with Crippen LogP contribution in [0.3, 0.4) is 0 Å². The van der Waals surface area contributed by atoms with Crippen molar-refractivity contribution in [3.63, 3.8) is 0 Å². The van der Waals surface area contributed by atoms with E-state index in [0.717, 1.165) is 57.4 Å². The Morgan fingerprint density at radius 1 is 1.14 bits per heavy atom. The molecule has 0 aromatic heterocycles. The van der Waals surface area contributed by atoms with Gasteiger partial charge in [-0.3, -0.25) is 0 Å². The smallest absolute Gasteiger partial charge is 0.119 e. The lowest BCUT2D eigenvalue weighted by molar-refractivity contribution is 0.00467. The van der Waals surface area contributed by atoms with Gasteiger partial charge in [-0.05, 0) is 37.0 Å². The summed E-state index contributed by atoms with van der Waals surface area (Å²) in [5.41, 5.74) is 0.749. The van der Waals surface area contributed by atoms with E-state index in [1.165, 1.54) is 12.0 Å². The highest BCUT2D eigenvalue weighted by Gasteiger charge is 2.28. The fourth-order valence-corrected chi connectivity index (χ4v) is 2.86. The third kappa shape index (κ3) is 5.68. The van der Waals surface area contributed by atoms with Gasteiger partial charge in [0.2, 0.25) is 0 Å². The molecule has 3 nitrogen and oxygen atoms in total. The monoisotopic (exact) mass is 291 g/mol. The molecule has 0 aliphatic heterocycles. The minimum atomic E-state index is -0.485. The average molecular weight is 291 g/mol. The molecule has 0 atom stereocenters. The molecule has 0 heterocycles. The lowest BCUT2D eigenvalue weighted by Gasteiger charge is -2.32. The molecule has 2 N–H and O–H groups in total. The van der Waals surface area contributed by atoms with Gasteiger partial charge in [0.1, 0.15) is 5.75 Å². The minimum Gasteiger partial charge on any atom is -0.494 e. The van der Waals surface area contributed by atoms with Crippen molar-refractivity contribution in [2.45, 2.75) is 64.0 Å². The maximum atomic E-state index is 10.4. The van der Waals surface area contributed by atoms with Crippen LogP contribution in [0.1, 0.15) is 57.4 Å².